The van der Waals surface area contributed by atoms with E-state index in [1.807, 2.05) is 27.7 Å². The van der Waals surface area contributed by atoms with Crippen LogP contribution >= 0.6 is 0 Å². The number of hydrogen-bond acceptors (Lipinski definition) is 6. The molecular weight excluding hydrogens is 410 g/mol. The number of aryl methyl sites for hydroxylation is 2. The van der Waals surface area contributed by atoms with E-state index >= 15 is 0 Å². The second kappa shape index (κ2) is 11.7. The first-order valence-electron chi connectivity index (χ1n) is 11.3. The Morgan fingerprint density at radius 2 is 1.81 bits per heavy atom. The van der Waals surface area contributed by atoms with Crippen molar-refractivity contribution in [3.63, 3.8) is 0 Å². The zero-order valence-corrected chi connectivity index (χ0v) is 19.8. The Hall–Kier alpha value is -2.83. The number of carbonyl (C=O) groups is 2. The largest absolute Gasteiger partial charge is 0.444 e. The van der Waals surface area contributed by atoms with Gasteiger partial charge < -0.3 is 19.2 Å². The summed E-state index contributed by atoms with van der Waals surface area (Å²) in [5.41, 5.74) is 1.22. The van der Waals surface area contributed by atoms with Crippen LogP contribution in [0.5, 0.6) is 5.75 Å². The molecule has 7 nitrogen and oxygen atoms in total. The van der Waals surface area contributed by atoms with E-state index in [0.717, 1.165) is 43.2 Å². The molecule has 1 aromatic heterocycles. The summed E-state index contributed by atoms with van der Waals surface area (Å²) in [6.45, 7) is 9.89. The molecule has 1 amide bonds. The zero-order valence-electron chi connectivity index (χ0n) is 19.8. The Labute approximate surface area is 189 Å². The van der Waals surface area contributed by atoms with E-state index in [-0.39, 0.29) is 12.4 Å². The van der Waals surface area contributed by atoms with E-state index in [2.05, 4.69) is 12.2 Å². The first kappa shape index (κ1) is 25.4. The summed E-state index contributed by atoms with van der Waals surface area (Å²) < 4.78 is 16.2. The zero-order chi connectivity index (χ0) is 23.7. The SMILES string of the molecule is CCCCc1cc(=O)oc2cc(C)cc(OC(=O)CCCCCNC(=O)OC(C)(C)C)c12. The van der Waals surface area contributed by atoms with E-state index in [1.54, 1.807) is 12.1 Å². The first-order chi connectivity index (χ1) is 15.1. The lowest BCUT2D eigenvalue weighted by Gasteiger charge is -2.19. The third-order valence-corrected chi connectivity index (χ3v) is 4.78. The molecule has 0 spiro atoms. The van der Waals surface area contributed by atoms with Crippen molar-refractivity contribution < 1.29 is 23.5 Å². The van der Waals surface area contributed by atoms with Gasteiger partial charge in [-0.05, 0) is 76.6 Å². The van der Waals surface area contributed by atoms with Gasteiger partial charge in [-0.25, -0.2) is 9.59 Å². The summed E-state index contributed by atoms with van der Waals surface area (Å²) in [6, 6.07) is 5.09. The highest BCUT2D eigenvalue weighted by atomic mass is 16.6. The minimum Gasteiger partial charge on any atom is -0.444 e. The van der Waals surface area contributed by atoms with Crippen molar-refractivity contribution in [2.75, 3.05) is 6.54 Å². The monoisotopic (exact) mass is 445 g/mol. The van der Waals surface area contributed by atoms with Crippen LogP contribution in [-0.4, -0.2) is 24.2 Å². The Balaban J connectivity index is 1.92. The molecule has 1 heterocycles. The Bertz CT molecular complexity index is 986. The number of benzene rings is 1. The normalized spacial score (nSPS) is 11.4. The van der Waals surface area contributed by atoms with Crippen molar-refractivity contribution in [2.45, 2.75) is 85.2 Å². The average molecular weight is 446 g/mol. The minimum atomic E-state index is -0.521. The van der Waals surface area contributed by atoms with Gasteiger partial charge in [0.2, 0.25) is 0 Å². The molecule has 0 aliphatic carbocycles. The number of rotatable bonds is 10. The number of hydrogen-bond donors (Lipinski definition) is 1. The van der Waals surface area contributed by atoms with Gasteiger partial charge in [0.1, 0.15) is 16.9 Å². The maximum absolute atomic E-state index is 12.5. The summed E-state index contributed by atoms with van der Waals surface area (Å²) in [4.78, 5) is 36.0. The van der Waals surface area contributed by atoms with Crippen molar-refractivity contribution in [3.8, 4) is 5.75 Å². The van der Waals surface area contributed by atoms with E-state index < -0.39 is 17.3 Å². The van der Waals surface area contributed by atoms with Gasteiger partial charge in [0.05, 0.1) is 5.39 Å². The molecule has 7 heteroatoms. The van der Waals surface area contributed by atoms with Gasteiger partial charge in [-0.1, -0.05) is 19.8 Å². The predicted octanol–water partition coefficient (Wildman–Crippen LogP) is 5.43. The van der Waals surface area contributed by atoms with Crippen molar-refractivity contribution >= 4 is 23.0 Å². The standard InChI is InChI=1S/C25H35NO6/c1-6-7-11-18-16-22(28)31-20-15-17(2)14-19(23(18)20)30-21(27)12-9-8-10-13-26-24(29)32-25(3,4)5/h14-16H,6-13H2,1-5H3,(H,26,29). The van der Waals surface area contributed by atoms with Crippen LogP contribution in [0.25, 0.3) is 11.0 Å². The number of alkyl carbamates (subject to hydrolysis) is 1. The van der Waals surface area contributed by atoms with Gasteiger partial charge in [-0.3, -0.25) is 4.79 Å². The topological polar surface area (TPSA) is 94.8 Å². The molecule has 0 saturated heterocycles. The fraction of sp³-hybridized carbons (Fsp3) is 0.560. The van der Waals surface area contributed by atoms with Crippen LogP contribution in [0.1, 0.15) is 77.3 Å². The number of carbonyl (C=O) groups excluding carboxylic acids is 2. The molecule has 2 rings (SSSR count). The van der Waals surface area contributed by atoms with Crippen molar-refractivity contribution in [1.82, 2.24) is 5.32 Å². The maximum Gasteiger partial charge on any atom is 0.407 e. The fourth-order valence-electron chi connectivity index (χ4n) is 3.36. The van der Waals surface area contributed by atoms with E-state index in [9.17, 15) is 14.4 Å². The fourth-order valence-corrected chi connectivity index (χ4v) is 3.36. The van der Waals surface area contributed by atoms with Gasteiger partial charge >= 0.3 is 17.7 Å². The molecule has 0 saturated carbocycles. The highest BCUT2D eigenvalue weighted by molar-refractivity contribution is 5.90. The lowest BCUT2D eigenvalue weighted by Crippen LogP contribution is -2.33. The molecule has 0 fully saturated rings. The Morgan fingerprint density at radius 1 is 1.06 bits per heavy atom. The molecule has 2 aromatic rings. The quantitative estimate of drug-likeness (QED) is 0.227. The van der Waals surface area contributed by atoms with Crippen LogP contribution in [0, 0.1) is 6.92 Å². The van der Waals surface area contributed by atoms with Crippen molar-refractivity contribution in [1.29, 1.82) is 0 Å². The van der Waals surface area contributed by atoms with Gasteiger partial charge in [-0.2, -0.15) is 0 Å². The van der Waals surface area contributed by atoms with Gasteiger partial charge in [0.15, 0.2) is 0 Å². The number of esters is 1. The average Bonchev–Trinajstić information content (AvgIpc) is 2.66. The molecule has 0 bridgehead atoms. The summed E-state index contributed by atoms with van der Waals surface area (Å²) in [5, 5.41) is 3.40. The lowest BCUT2D eigenvalue weighted by atomic mass is 10.0. The highest BCUT2D eigenvalue weighted by Crippen LogP contribution is 2.31. The molecular formula is C25H35NO6. The van der Waals surface area contributed by atoms with Crippen LogP contribution in [0.15, 0.2) is 27.4 Å². The van der Waals surface area contributed by atoms with E-state index in [0.29, 0.717) is 29.7 Å². The molecule has 176 valence electrons. The lowest BCUT2D eigenvalue weighted by molar-refractivity contribution is -0.134. The maximum atomic E-state index is 12.5. The number of nitrogens with one attached hydrogen (secondary N) is 1. The molecule has 32 heavy (non-hydrogen) atoms. The molecule has 0 radical (unpaired) electrons. The predicted molar refractivity (Wildman–Crippen MR) is 124 cm³/mol. The van der Waals surface area contributed by atoms with E-state index in [4.69, 9.17) is 13.9 Å². The van der Waals surface area contributed by atoms with Crippen LogP contribution in [0.2, 0.25) is 0 Å². The number of unbranched alkanes of at least 4 members (excludes halogenated alkanes) is 3. The number of ether oxygens (including phenoxy) is 2. The summed E-state index contributed by atoms with van der Waals surface area (Å²) in [7, 11) is 0. The molecule has 0 atom stereocenters. The molecule has 0 unspecified atom stereocenters. The van der Waals surface area contributed by atoms with Crippen LogP contribution < -0.4 is 15.7 Å². The van der Waals surface area contributed by atoms with E-state index in [1.165, 1.54) is 6.07 Å². The van der Waals surface area contributed by atoms with Gasteiger partial charge in [0, 0.05) is 19.0 Å². The summed E-state index contributed by atoms with van der Waals surface area (Å²) in [6.07, 6.45) is 4.63. The number of fused-ring (bicyclic) bond motifs is 1. The Kier molecular flexibility index (Phi) is 9.29. The summed E-state index contributed by atoms with van der Waals surface area (Å²) >= 11 is 0. The van der Waals surface area contributed by atoms with Crippen LogP contribution in [-0.2, 0) is 16.0 Å². The molecule has 1 aromatic carbocycles. The molecule has 0 aliphatic heterocycles. The minimum absolute atomic E-state index is 0.267. The molecule has 1 N–H and O–H groups in total. The first-order valence-corrected chi connectivity index (χ1v) is 11.3. The van der Waals surface area contributed by atoms with Crippen molar-refractivity contribution in [2.24, 2.45) is 0 Å². The van der Waals surface area contributed by atoms with Crippen molar-refractivity contribution in [3.05, 3.63) is 39.7 Å². The van der Waals surface area contributed by atoms with Gasteiger partial charge in [0.25, 0.3) is 0 Å². The second-order valence-electron chi connectivity index (χ2n) is 9.04. The third-order valence-electron chi connectivity index (χ3n) is 4.78. The smallest absolute Gasteiger partial charge is 0.407 e. The Morgan fingerprint density at radius 3 is 2.50 bits per heavy atom. The second-order valence-corrected chi connectivity index (χ2v) is 9.04. The molecule has 0 aliphatic rings. The third kappa shape index (κ3) is 8.36. The summed E-state index contributed by atoms with van der Waals surface area (Å²) in [5.74, 6) is 0.107. The van der Waals surface area contributed by atoms with Crippen LogP contribution in [0.3, 0.4) is 0 Å². The number of amides is 1. The van der Waals surface area contributed by atoms with Crippen LogP contribution in [0.4, 0.5) is 4.79 Å². The highest BCUT2D eigenvalue weighted by Gasteiger charge is 2.16. The van der Waals surface area contributed by atoms with Gasteiger partial charge in [-0.15, -0.1) is 0 Å².